The molecule has 0 spiro atoms. The average Bonchev–Trinajstić information content (AvgIpc) is 2.84. The monoisotopic (exact) mass is 252 g/mol. The summed E-state index contributed by atoms with van der Waals surface area (Å²) in [6.07, 6.45) is 0. The molecule has 0 fully saturated rings. The van der Waals surface area contributed by atoms with Gasteiger partial charge in [-0.25, -0.2) is 4.79 Å². The minimum atomic E-state index is -0.924. The highest BCUT2D eigenvalue weighted by atomic mass is 16.4. The predicted octanol–water partition coefficient (Wildman–Crippen LogP) is 4.11. The van der Waals surface area contributed by atoms with Crippen molar-refractivity contribution in [2.75, 3.05) is 0 Å². The number of carbonyl (C=O) groups is 1. The van der Waals surface area contributed by atoms with Crippen LogP contribution in [0.1, 0.15) is 15.9 Å². The van der Waals surface area contributed by atoms with Gasteiger partial charge in [0.15, 0.2) is 0 Å². The number of carboxylic acid groups (broad SMARTS) is 1. The Hall–Kier alpha value is -2.55. The molecule has 3 nitrogen and oxygen atoms in total. The summed E-state index contributed by atoms with van der Waals surface area (Å²) >= 11 is 0. The van der Waals surface area contributed by atoms with Gasteiger partial charge in [0.2, 0.25) is 0 Å². The molecule has 0 aliphatic heterocycles. The van der Waals surface area contributed by atoms with Crippen LogP contribution in [0.25, 0.3) is 22.3 Å². The number of furan rings is 1. The minimum Gasteiger partial charge on any atom is -0.478 e. The highest BCUT2D eigenvalue weighted by molar-refractivity contribution is 5.95. The minimum absolute atomic E-state index is 0.283. The molecule has 0 saturated carbocycles. The Morgan fingerprint density at radius 3 is 2.53 bits per heavy atom. The third-order valence-corrected chi connectivity index (χ3v) is 3.11. The van der Waals surface area contributed by atoms with E-state index in [-0.39, 0.29) is 5.56 Å². The Labute approximate surface area is 110 Å². The zero-order chi connectivity index (χ0) is 13.4. The van der Waals surface area contributed by atoms with Crippen molar-refractivity contribution in [1.82, 2.24) is 0 Å². The fraction of sp³-hybridized carbons (Fsp3) is 0.0625. The first kappa shape index (κ1) is 11.5. The summed E-state index contributed by atoms with van der Waals surface area (Å²) in [5.74, 6) is -0.173. The molecule has 0 bridgehead atoms. The Kier molecular flexibility index (Phi) is 2.60. The Balaban J connectivity index is 2.21. The van der Waals surface area contributed by atoms with E-state index in [1.807, 2.05) is 43.3 Å². The second kappa shape index (κ2) is 4.28. The van der Waals surface area contributed by atoms with E-state index in [0.29, 0.717) is 0 Å². The normalized spacial score (nSPS) is 10.8. The Morgan fingerprint density at radius 2 is 1.84 bits per heavy atom. The molecule has 0 radical (unpaired) electrons. The lowest BCUT2D eigenvalue weighted by Crippen LogP contribution is -1.96. The number of carboxylic acids is 1. The van der Waals surface area contributed by atoms with Crippen molar-refractivity contribution >= 4 is 16.9 Å². The number of hydrogen-bond donors (Lipinski definition) is 1. The second-order valence-electron chi connectivity index (χ2n) is 4.49. The molecule has 0 unspecified atom stereocenters. The van der Waals surface area contributed by atoms with Gasteiger partial charge >= 0.3 is 5.97 Å². The third kappa shape index (κ3) is 1.99. The quantitative estimate of drug-likeness (QED) is 0.746. The summed E-state index contributed by atoms with van der Waals surface area (Å²) < 4.78 is 5.83. The van der Waals surface area contributed by atoms with Crippen LogP contribution in [0.3, 0.4) is 0 Å². The van der Waals surface area contributed by atoms with Crippen LogP contribution in [0, 0.1) is 6.92 Å². The van der Waals surface area contributed by atoms with Crippen LogP contribution in [0.15, 0.2) is 52.9 Å². The first-order chi connectivity index (χ1) is 9.15. The molecule has 3 rings (SSSR count). The fourth-order valence-electron chi connectivity index (χ4n) is 2.20. The summed E-state index contributed by atoms with van der Waals surface area (Å²) in [4.78, 5) is 11.0. The van der Waals surface area contributed by atoms with Gasteiger partial charge in [-0.3, -0.25) is 0 Å². The van der Waals surface area contributed by atoms with Crippen molar-refractivity contribution in [1.29, 1.82) is 0 Å². The molecule has 0 aliphatic rings. The molecule has 0 atom stereocenters. The maximum atomic E-state index is 11.0. The number of fused-ring (bicyclic) bond motifs is 1. The first-order valence-corrected chi connectivity index (χ1v) is 5.98. The van der Waals surface area contributed by atoms with Crippen LogP contribution in [-0.4, -0.2) is 11.1 Å². The number of aryl methyl sites for hydroxylation is 1. The average molecular weight is 252 g/mol. The predicted molar refractivity (Wildman–Crippen MR) is 73.3 cm³/mol. The van der Waals surface area contributed by atoms with Gasteiger partial charge in [-0.2, -0.15) is 0 Å². The van der Waals surface area contributed by atoms with Crippen LogP contribution in [0.4, 0.5) is 0 Å². The van der Waals surface area contributed by atoms with Crippen LogP contribution >= 0.6 is 0 Å². The zero-order valence-electron chi connectivity index (χ0n) is 10.4. The van der Waals surface area contributed by atoms with Crippen LogP contribution in [0.5, 0.6) is 0 Å². The van der Waals surface area contributed by atoms with Crippen molar-refractivity contribution < 1.29 is 14.3 Å². The van der Waals surface area contributed by atoms with Gasteiger partial charge < -0.3 is 9.52 Å². The van der Waals surface area contributed by atoms with Crippen LogP contribution in [-0.2, 0) is 0 Å². The lowest BCUT2D eigenvalue weighted by Gasteiger charge is -1.98. The molecule has 94 valence electrons. The van der Waals surface area contributed by atoms with E-state index in [0.717, 1.165) is 27.9 Å². The molecule has 19 heavy (non-hydrogen) atoms. The van der Waals surface area contributed by atoms with Crippen LogP contribution < -0.4 is 0 Å². The van der Waals surface area contributed by atoms with Crippen molar-refractivity contribution in [2.45, 2.75) is 6.92 Å². The van der Waals surface area contributed by atoms with Gasteiger partial charge in [0.05, 0.1) is 5.56 Å². The lowest BCUT2D eigenvalue weighted by atomic mass is 10.1. The fourth-order valence-corrected chi connectivity index (χ4v) is 2.20. The van der Waals surface area contributed by atoms with Crippen molar-refractivity contribution in [2.24, 2.45) is 0 Å². The molecule has 0 amide bonds. The number of hydrogen-bond acceptors (Lipinski definition) is 2. The van der Waals surface area contributed by atoms with Crippen molar-refractivity contribution in [3.63, 3.8) is 0 Å². The standard InChI is InChI=1S/C16H12O3/c1-10-7-13(16(17)18)8-12-9-14(19-15(10)12)11-5-3-2-4-6-11/h2-9H,1H3,(H,17,18). The number of aromatic carboxylic acids is 1. The van der Waals surface area contributed by atoms with E-state index in [1.54, 1.807) is 12.1 Å². The molecule has 1 aromatic heterocycles. The lowest BCUT2D eigenvalue weighted by molar-refractivity contribution is 0.0697. The van der Waals surface area contributed by atoms with Crippen LogP contribution in [0.2, 0.25) is 0 Å². The van der Waals surface area contributed by atoms with Gasteiger partial charge in [0.25, 0.3) is 0 Å². The zero-order valence-corrected chi connectivity index (χ0v) is 10.4. The maximum Gasteiger partial charge on any atom is 0.335 e. The van der Waals surface area contributed by atoms with Crippen molar-refractivity contribution in [3.05, 3.63) is 59.7 Å². The summed E-state index contributed by atoms with van der Waals surface area (Å²) in [5.41, 5.74) is 2.83. The molecule has 3 heteroatoms. The van der Waals surface area contributed by atoms with E-state index in [9.17, 15) is 4.79 Å². The third-order valence-electron chi connectivity index (χ3n) is 3.11. The largest absolute Gasteiger partial charge is 0.478 e. The topological polar surface area (TPSA) is 50.4 Å². The smallest absolute Gasteiger partial charge is 0.335 e. The van der Waals surface area contributed by atoms with E-state index >= 15 is 0 Å². The molecule has 0 aliphatic carbocycles. The Morgan fingerprint density at radius 1 is 1.11 bits per heavy atom. The summed E-state index contributed by atoms with van der Waals surface area (Å²) in [6.45, 7) is 1.85. The van der Waals surface area contributed by atoms with E-state index in [4.69, 9.17) is 9.52 Å². The first-order valence-electron chi connectivity index (χ1n) is 5.98. The molecule has 0 saturated heterocycles. The summed E-state index contributed by atoms with van der Waals surface area (Å²) in [5, 5.41) is 9.88. The van der Waals surface area contributed by atoms with Gasteiger partial charge in [-0.1, -0.05) is 30.3 Å². The molecule has 1 heterocycles. The van der Waals surface area contributed by atoms with Crippen molar-refractivity contribution in [3.8, 4) is 11.3 Å². The van der Waals surface area contributed by atoms with Gasteiger partial charge in [-0.15, -0.1) is 0 Å². The molecular weight excluding hydrogens is 240 g/mol. The van der Waals surface area contributed by atoms with Gasteiger partial charge in [-0.05, 0) is 30.7 Å². The van der Waals surface area contributed by atoms with Gasteiger partial charge in [0.1, 0.15) is 11.3 Å². The molecule has 2 aromatic carbocycles. The summed E-state index contributed by atoms with van der Waals surface area (Å²) in [6, 6.07) is 14.9. The number of benzene rings is 2. The number of rotatable bonds is 2. The Bertz CT molecular complexity index is 754. The second-order valence-corrected chi connectivity index (χ2v) is 4.49. The van der Waals surface area contributed by atoms with Gasteiger partial charge in [0, 0.05) is 10.9 Å². The maximum absolute atomic E-state index is 11.0. The highest BCUT2D eigenvalue weighted by Gasteiger charge is 2.12. The highest BCUT2D eigenvalue weighted by Crippen LogP contribution is 2.30. The molecule has 1 N–H and O–H groups in total. The SMILES string of the molecule is Cc1cc(C(=O)O)cc2cc(-c3ccccc3)oc12. The van der Waals surface area contributed by atoms with E-state index in [2.05, 4.69) is 0 Å². The summed E-state index contributed by atoms with van der Waals surface area (Å²) in [7, 11) is 0. The molecule has 3 aromatic rings. The van der Waals surface area contributed by atoms with E-state index in [1.165, 1.54) is 0 Å². The molecular formula is C16H12O3. The van der Waals surface area contributed by atoms with E-state index < -0.39 is 5.97 Å².